The molecule has 3 rings (SSSR count). The van der Waals surface area contributed by atoms with Gasteiger partial charge in [0.15, 0.2) is 0 Å². The van der Waals surface area contributed by atoms with E-state index in [1.54, 1.807) is 48.5 Å². The fraction of sp³-hybridized carbons (Fsp3) is 0.263. The van der Waals surface area contributed by atoms with Crippen LogP contribution in [0.15, 0.2) is 53.4 Å². The molecule has 2 N–H and O–H groups in total. The zero-order chi connectivity index (χ0) is 19.7. The molecule has 2 amide bonds. The van der Waals surface area contributed by atoms with Gasteiger partial charge in [-0.25, -0.2) is 8.42 Å². The van der Waals surface area contributed by atoms with Crippen LogP contribution in [0.4, 0.5) is 5.69 Å². The molecule has 1 aliphatic heterocycles. The van der Waals surface area contributed by atoms with Crippen LogP contribution in [0.2, 0.25) is 0 Å². The minimum atomic E-state index is -3.68. The van der Waals surface area contributed by atoms with Crippen molar-refractivity contribution < 1.29 is 18.0 Å². The smallest absolute Gasteiger partial charge is 0.261 e. The number of imide groups is 1. The van der Waals surface area contributed by atoms with Gasteiger partial charge in [0.05, 0.1) is 10.3 Å². The lowest BCUT2D eigenvalue weighted by Gasteiger charge is -2.35. The predicted octanol–water partition coefficient (Wildman–Crippen LogP) is 3.18. The number of sulfonamides is 1. The first-order valence-electron chi connectivity index (χ1n) is 8.50. The van der Waals surface area contributed by atoms with Gasteiger partial charge >= 0.3 is 0 Å². The molecule has 0 spiro atoms. The van der Waals surface area contributed by atoms with Crippen LogP contribution in [0.25, 0.3) is 0 Å². The third-order valence-corrected chi connectivity index (χ3v) is 7.00. The number of piperidine rings is 1. The van der Waals surface area contributed by atoms with Gasteiger partial charge in [0, 0.05) is 15.7 Å². The molecule has 1 heterocycles. The molecule has 6 nitrogen and oxygen atoms in total. The van der Waals surface area contributed by atoms with E-state index in [9.17, 15) is 18.0 Å². The lowest BCUT2D eigenvalue weighted by molar-refractivity contribution is -0.138. The summed E-state index contributed by atoms with van der Waals surface area (Å²) >= 11 is 2.11. The molecule has 0 bridgehead atoms. The van der Waals surface area contributed by atoms with E-state index in [0.29, 0.717) is 24.9 Å². The summed E-state index contributed by atoms with van der Waals surface area (Å²) in [5.74, 6) is -0.556. The Bertz CT molecular complexity index is 972. The molecule has 0 aliphatic carbocycles. The van der Waals surface area contributed by atoms with Gasteiger partial charge in [-0.1, -0.05) is 19.1 Å². The standard InChI is InChI=1S/C19H19IN2O4S/c1-2-19(12-11-17(23)21-18(19)24)13-3-7-15(8-4-13)22-27(25,26)16-9-5-14(20)6-10-16/h3-10,22H,2,11-12H2,1H3,(H,21,23,24). The van der Waals surface area contributed by atoms with Gasteiger partial charge < -0.3 is 0 Å². The second kappa shape index (κ2) is 7.59. The number of halogens is 1. The Morgan fingerprint density at radius 2 is 1.70 bits per heavy atom. The van der Waals surface area contributed by atoms with Crippen molar-refractivity contribution in [1.82, 2.24) is 5.32 Å². The maximum Gasteiger partial charge on any atom is 0.261 e. The average molecular weight is 498 g/mol. The van der Waals surface area contributed by atoms with E-state index in [4.69, 9.17) is 0 Å². The molecule has 142 valence electrons. The zero-order valence-corrected chi connectivity index (χ0v) is 17.6. The van der Waals surface area contributed by atoms with Crippen molar-refractivity contribution in [2.75, 3.05) is 4.72 Å². The van der Waals surface area contributed by atoms with Crippen LogP contribution in [-0.2, 0) is 25.0 Å². The fourth-order valence-electron chi connectivity index (χ4n) is 3.25. The maximum atomic E-state index is 12.5. The van der Waals surface area contributed by atoms with Crippen molar-refractivity contribution in [1.29, 1.82) is 0 Å². The number of anilines is 1. The van der Waals surface area contributed by atoms with E-state index in [1.165, 1.54) is 0 Å². The molecule has 1 aliphatic rings. The molecule has 0 saturated carbocycles. The predicted molar refractivity (Wildman–Crippen MR) is 111 cm³/mol. The lowest BCUT2D eigenvalue weighted by atomic mass is 9.72. The molecule has 0 aromatic heterocycles. The van der Waals surface area contributed by atoms with Crippen LogP contribution in [0.3, 0.4) is 0 Å². The van der Waals surface area contributed by atoms with Gasteiger partial charge in [-0.3, -0.25) is 19.6 Å². The maximum absolute atomic E-state index is 12.5. The molecule has 2 aromatic rings. The number of hydrogen-bond acceptors (Lipinski definition) is 4. The average Bonchev–Trinajstić information content (AvgIpc) is 2.63. The largest absolute Gasteiger partial charge is 0.296 e. The summed E-state index contributed by atoms with van der Waals surface area (Å²) in [6.07, 6.45) is 1.29. The van der Waals surface area contributed by atoms with Crippen molar-refractivity contribution in [3.05, 3.63) is 57.7 Å². The van der Waals surface area contributed by atoms with Gasteiger partial charge in [-0.05, 0) is 77.4 Å². The summed E-state index contributed by atoms with van der Waals surface area (Å²) < 4.78 is 28.5. The van der Waals surface area contributed by atoms with E-state index < -0.39 is 15.4 Å². The Kier molecular flexibility index (Phi) is 5.57. The first-order chi connectivity index (χ1) is 12.8. The van der Waals surface area contributed by atoms with Crippen molar-refractivity contribution >= 4 is 50.1 Å². The van der Waals surface area contributed by atoms with E-state index in [0.717, 1.165) is 9.13 Å². The third-order valence-electron chi connectivity index (χ3n) is 4.88. The highest BCUT2D eigenvalue weighted by Crippen LogP contribution is 2.36. The number of carbonyl (C=O) groups is 2. The number of benzene rings is 2. The molecule has 27 heavy (non-hydrogen) atoms. The van der Waals surface area contributed by atoms with E-state index in [1.807, 2.05) is 6.92 Å². The molecule has 1 unspecified atom stereocenters. The van der Waals surface area contributed by atoms with E-state index in [-0.39, 0.29) is 16.7 Å². The molecule has 8 heteroatoms. The lowest BCUT2D eigenvalue weighted by Crippen LogP contribution is -2.51. The second-order valence-electron chi connectivity index (χ2n) is 6.45. The summed E-state index contributed by atoms with van der Waals surface area (Å²) in [7, 11) is -3.68. The van der Waals surface area contributed by atoms with Crippen molar-refractivity contribution in [3.63, 3.8) is 0 Å². The Morgan fingerprint density at radius 1 is 1.07 bits per heavy atom. The molecule has 1 fully saturated rings. The summed E-state index contributed by atoms with van der Waals surface area (Å²) in [5.41, 5.74) is 0.421. The van der Waals surface area contributed by atoms with Crippen LogP contribution in [0.5, 0.6) is 0 Å². The number of rotatable bonds is 5. The Morgan fingerprint density at radius 3 is 2.26 bits per heavy atom. The molecule has 1 atom stereocenters. The normalized spacial score (nSPS) is 20.2. The molecular weight excluding hydrogens is 479 g/mol. The third kappa shape index (κ3) is 4.01. The van der Waals surface area contributed by atoms with Gasteiger partial charge in [0.1, 0.15) is 0 Å². The van der Waals surface area contributed by atoms with E-state index in [2.05, 4.69) is 32.6 Å². The van der Waals surface area contributed by atoms with Crippen LogP contribution < -0.4 is 10.0 Å². The number of amides is 2. The zero-order valence-electron chi connectivity index (χ0n) is 14.7. The highest BCUT2D eigenvalue weighted by Gasteiger charge is 2.42. The first-order valence-corrected chi connectivity index (χ1v) is 11.1. The second-order valence-corrected chi connectivity index (χ2v) is 9.38. The number of nitrogens with one attached hydrogen (secondary N) is 2. The molecular formula is C19H19IN2O4S. The van der Waals surface area contributed by atoms with Gasteiger partial charge in [0.25, 0.3) is 10.0 Å². The number of hydrogen-bond donors (Lipinski definition) is 2. The Balaban J connectivity index is 1.84. The monoisotopic (exact) mass is 498 g/mol. The SMILES string of the molecule is CCC1(c2ccc(NS(=O)(=O)c3ccc(I)cc3)cc2)CCC(=O)NC1=O. The molecule has 2 aromatic carbocycles. The fourth-order valence-corrected chi connectivity index (χ4v) is 4.67. The molecule has 1 saturated heterocycles. The molecule has 0 radical (unpaired) electrons. The van der Waals surface area contributed by atoms with Crippen molar-refractivity contribution in [2.45, 2.75) is 36.5 Å². The van der Waals surface area contributed by atoms with Gasteiger partial charge in [-0.15, -0.1) is 0 Å². The van der Waals surface area contributed by atoms with E-state index >= 15 is 0 Å². The van der Waals surface area contributed by atoms with Gasteiger partial charge in [-0.2, -0.15) is 0 Å². The van der Waals surface area contributed by atoms with Crippen LogP contribution in [-0.4, -0.2) is 20.2 Å². The minimum absolute atomic E-state index is 0.183. The summed E-state index contributed by atoms with van der Waals surface area (Å²) in [5, 5.41) is 2.41. The topological polar surface area (TPSA) is 92.3 Å². The number of carbonyl (C=O) groups excluding carboxylic acids is 2. The quantitative estimate of drug-likeness (QED) is 0.490. The highest BCUT2D eigenvalue weighted by atomic mass is 127. The summed E-state index contributed by atoms with van der Waals surface area (Å²) in [6, 6.07) is 13.3. The van der Waals surface area contributed by atoms with Crippen LogP contribution in [0.1, 0.15) is 31.7 Å². The van der Waals surface area contributed by atoms with Crippen molar-refractivity contribution in [3.8, 4) is 0 Å². The Hall–Kier alpha value is -1.94. The first kappa shape index (κ1) is 19.8. The van der Waals surface area contributed by atoms with Crippen LogP contribution >= 0.6 is 22.6 Å². The summed E-state index contributed by atoms with van der Waals surface area (Å²) in [4.78, 5) is 24.1. The van der Waals surface area contributed by atoms with Crippen molar-refractivity contribution in [2.24, 2.45) is 0 Å². The minimum Gasteiger partial charge on any atom is -0.296 e. The van der Waals surface area contributed by atoms with Crippen LogP contribution in [0, 0.1) is 3.57 Å². The highest BCUT2D eigenvalue weighted by molar-refractivity contribution is 14.1. The Labute approximate surface area is 171 Å². The summed E-state index contributed by atoms with van der Waals surface area (Å²) in [6.45, 7) is 1.91. The van der Waals surface area contributed by atoms with Gasteiger partial charge in [0.2, 0.25) is 11.8 Å².